The first-order valence-corrected chi connectivity index (χ1v) is 10.1. The molecule has 0 radical (unpaired) electrons. The summed E-state index contributed by atoms with van der Waals surface area (Å²) in [5, 5.41) is 4.63. The number of benzene rings is 2. The van der Waals surface area contributed by atoms with Gasteiger partial charge in [0.25, 0.3) is 5.91 Å². The van der Waals surface area contributed by atoms with Crippen LogP contribution in [-0.4, -0.2) is 28.2 Å². The second-order valence-corrected chi connectivity index (χ2v) is 8.96. The minimum Gasteiger partial charge on any atom is -0.326 e. The Morgan fingerprint density at radius 3 is 1.97 bits per heavy atom. The Balaban J connectivity index is 1.85. The molecule has 2 aromatic carbocycles. The molecule has 1 aliphatic rings. The molecule has 2 aromatic rings. The highest BCUT2D eigenvalue weighted by molar-refractivity contribution is 6.52. The largest absolute Gasteiger partial charge is 0.471 e. The van der Waals surface area contributed by atoms with Crippen LogP contribution in [0.4, 0.5) is 43.4 Å². The van der Waals surface area contributed by atoms with E-state index < -0.39 is 73.6 Å². The third-order valence-electron chi connectivity index (χ3n) is 4.49. The number of hydrogen-bond acceptors (Lipinski definition) is 3. The Hall–Kier alpha value is -2.70. The van der Waals surface area contributed by atoms with Crippen LogP contribution in [0.3, 0.4) is 0 Å². The van der Waals surface area contributed by atoms with Crippen molar-refractivity contribution in [2.75, 3.05) is 16.0 Å². The minimum atomic E-state index is -5.37. The van der Waals surface area contributed by atoms with E-state index in [1.165, 1.54) is 5.32 Å². The van der Waals surface area contributed by atoms with Gasteiger partial charge in [0.15, 0.2) is 0 Å². The highest BCUT2D eigenvalue weighted by atomic mass is 35.5. The first-order valence-electron chi connectivity index (χ1n) is 8.96. The van der Waals surface area contributed by atoms with E-state index >= 15 is 0 Å². The lowest BCUT2D eigenvalue weighted by Crippen LogP contribution is -2.30. The first kappa shape index (κ1) is 25.9. The van der Waals surface area contributed by atoms with Crippen molar-refractivity contribution in [2.24, 2.45) is 5.92 Å². The van der Waals surface area contributed by atoms with Crippen LogP contribution >= 0.6 is 34.8 Å². The molecule has 0 bridgehead atoms. The summed E-state index contributed by atoms with van der Waals surface area (Å²) in [6.07, 6.45) is -5.23. The van der Waals surface area contributed by atoms with Gasteiger partial charge in [-0.15, -0.1) is 23.2 Å². The molecule has 0 aromatic heterocycles. The highest BCUT2D eigenvalue weighted by Gasteiger charge is 2.56. The summed E-state index contributed by atoms with van der Waals surface area (Å²) < 4.78 is 78.1. The predicted molar refractivity (Wildman–Crippen MR) is 112 cm³/mol. The third-order valence-corrected chi connectivity index (χ3v) is 5.71. The minimum absolute atomic E-state index is 0.112. The molecule has 3 amide bonds. The van der Waals surface area contributed by atoms with Crippen LogP contribution in [0, 0.1) is 23.4 Å². The molecular formula is C19H10Cl3F6N3O3. The van der Waals surface area contributed by atoms with Crippen molar-refractivity contribution in [3.63, 3.8) is 0 Å². The van der Waals surface area contributed by atoms with Gasteiger partial charge in [-0.2, -0.15) is 13.2 Å². The molecule has 1 fully saturated rings. The highest BCUT2D eigenvalue weighted by Crippen LogP contribution is 2.53. The summed E-state index contributed by atoms with van der Waals surface area (Å²) in [5.74, 6) is -9.41. The third kappa shape index (κ3) is 5.68. The predicted octanol–water partition coefficient (Wildman–Crippen LogP) is 5.64. The van der Waals surface area contributed by atoms with E-state index in [-0.39, 0.29) is 18.2 Å². The topological polar surface area (TPSA) is 87.3 Å². The summed E-state index contributed by atoms with van der Waals surface area (Å²) >= 11 is 17.3. The van der Waals surface area contributed by atoms with Crippen LogP contribution in [0.2, 0.25) is 5.02 Å². The molecule has 0 aliphatic heterocycles. The van der Waals surface area contributed by atoms with Crippen LogP contribution in [0.1, 0.15) is 16.8 Å². The van der Waals surface area contributed by atoms with Gasteiger partial charge < -0.3 is 16.0 Å². The molecular weight excluding hydrogens is 539 g/mol. The van der Waals surface area contributed by atoms with E-state index in [1.807, 2.05) is 5.32 Å². The molecule has 1 atom stereocenters. The Bertz CT molecular complexity index is 1210. The Kier molecular flexibility index (Phi) is 6.98. The fourth-order valence-corrected chi connectivity index (χ4v) is 3.38. The zero-order chi connectivity index (χ0) is 25.6. The van der Waals surface area contributed by atoms with Crippen molar-refractivity contribution >= 4 is 69.6 Å². The molecule has 15 heteroatoms. The second kappa shape index (κ2) is 9.16. The van der Waals surface area contributed by atoms with Gasteiger partial charge in [-0.05, 0) is 24.6 Å². The maximum Gasteiger partial charge on any atom is 0.471 e. The van der Waals surface area contributed by atoms with E-state index in [0.29, 0.717) is 6.07 Å². The Morgan fingerprint density at radius 2 is 1.44 bits per heavy atom. The number of rotatable bonds is 5. The smallest absolute Gasteiger partial charge is 0.326 e. The molecule has 34 heavy (non-hydrogen) atoms. The normalized spacial score (nSPS) is 16.6. The van der Waals surface area contributed by atoms with Gasteiger partial charge >= 0.3 is 12.1 Å². The molecule has 0 heterocycles. The summed E-state index contributed by atoms with van der Waals surface area (Å²) in [5.41, 5.74) is -2.79. The van der Waals surface area contributed by atoms with Crippen molar-refractivity contribution in [3.05, 3.63) is 52.3 Å². The number of nitrogens with one attached hydrogen (secondary N) is 3. The quantitative estimate of drug-likeness (QED) is 0.334. The van der Waals surface area contributed by atoms with Gasteiger partial charge in [-0.3, -0.25) is 14.4 Å². The molecule has 3 N–H and O–H groups in total. The maximum atomic E-state index is 14.2. The maximum absolute atomic E-state index is 14.2. The van der Waals surface area contributed by atoms with Crippen LogP contribution in [-0.2, 0) is 9.59 Å². The number of halogens is 9. The standard InChI is InChI=1S/C19H10Cl3F6N3O3/c20-14-7(1-6(2-11(14)25)29-16(33)8-5-18(8,21)22)15(32)30-12-4-13(10(24)3-9(12)23)31-17(34)19(26,27)28/h1-4,8H,5H2,(H,29,33)(H,30,32)(H,31,34). The van der Waals surface area contributed by atoms with Gasteiger partial charge in [-0.25, -0.2) is 13.2 Å². The lowest BCUT2D eigenvalue weighted by molar-refractivity contribution is -0.167. The van der Waals surface area contributed by atoms with E-state index in [9.17, 15) is 40.7 Å². The fourth-order valence-electron chi connectivity index (χ4n) is 2.68. The van der Waals surface area contributed by atoms with E-state index in [0.717, 1.165) is 12.1 Å². The second-order valence-electron chi connectivity index (χ2n) is 7.04. The molecule has 1 aliphatic carbocycles. The monoisotopic (exact) mass is 547 g/mol. The van der Waals surface area contributed by atoms with E-state index in [4.69, 9.17) is 34.8 Å². The van der Waals surface area contributed by atoms with Crippen molar-refractivity contribution in [1.82, 2.24) is 0 Å². The number of anilines is 3. The molecule has 0 spiro atoms. The van der Waals surface area contributed by atoms with Crippen LogP contribution in [0.15, 0.2) is 24.3 Å². The zero-order valence-corrected chi connectivity index (χ0v) is 18.5. The number of carbonyl (C=O) groups is 3. The van der Waals surface area contributed by atoms with E-state index in [1.54, 1.807) is 0 Å². The number of hydrogen-bond donors (Lipinski definition) is 3. The van der Waals surface area contributed by atoms with Gasteiger partial charge in [0.1, 0.15) is 21.8 Å². The average Bonchev–Trinajstić information content (AvgIpc) is 3.35. The van der Waals surface area contributed by atoms with Gasteiger partial charge in [0, 0.05) is 11.8 Å². The Labute approximate surface area is 201 Å². The van der Waals surface area contributed by atoms with Crippen molar-refractivity contribution < 1.29 is 40.7 Å². The van der Waals surface area contributed by atoms with E-state index in [2.05, 4.69) is 5.32 Å². The summed E-state index contributed by atoms with van der Waals surface area (Å²) in [4.78, 5) is 35.7. The summed E-state index contributed by atoms with van der Waals surface area (Å²) in [6, 6.07) is 2.21. The number of carbonyl (C=O) groups excluding carboxylic acids is 3. The Morgan fingerprint density at radius 1 is 0.882 bits per heavy atom. The van der Waals surface area contributed by atoms with Crippen molar-refractivity contribution in [1.29, 1.82) is 0 Å². The zero-order valence-electron chi connectivity index (χ0n) is 16.2. The molecule has 6 nitrogen and oxygen atoms in total. The van der Waals surface area contributed by atoms with Gasteiger partial charge in [0.05, 0.1) is 27.9 Å². The lowest BCUT2D eigenvalue weighted by Gasteiger charge is -2.14. The van der Waals surface area contributed by atoms with Crippen molar-refractivity contribution in [2.45, 2.75) is 16.9 Å². The van der Waals surface area contributed by atoms with Crippen LogP contribution in [0.5, 0.6) is 0 Å². The number of alkyl halides is 5. The summed E-state index contributed by atoms with van der Waals surface area (Å²) in [7, 11) is 0. The number of amides is 3. The van der Waals surface area contributed by atoms with Crippen LogP contribution < -0.4 is 16.0 Å². The lowest BCUT2D eigenvalue weighted by atomic mass is 10.1. The molecule has 3 rings (SSSR count). The van der Waals surface area contributed by atoms with Gasteiger partial charge in [0.2, 0.25) is 5.91 Å². The summed E-state index contributed by atoms with van der Waals surface area (Å²) in [6.45, 7) is 0. The molecule has 1 unspecified atom stereocenters. The molecule has 0 saturated heterocycles. The van der Waals surface area contributed by atoms with Gasteiger partial charge in [-0.1, -0.05) is 11.6 Å². The fraction of sp³-hybridized carbons (Fsp3) is 0.211. The van der Waals surface area contributed by atoms with Crippen molar-refractivity contribution in [3.8, 4) is 0 Å². The van der Waals surface area contributed by atoms with Crippen LogP contribution in [0.25, 0.3) is 0 Å². The molecule has 1 saturated carbocycles. The first-order chi connectivity index (χ1) is 15.6. The average molecular weight is 549 g/mol. The SMILES string of the molecule is O=C(Nc1cc(NC(=O)C(F)(F)F)c(F)cc1F)c1cc(NC(=O)C2CC2(Cl)Cl)cc(F)c1Cl. The molecule has 182 valence electrons.